The number of nitrogens with one attached hydrogen (secondary N) is 3. The second-order valence-electron chi connectivity index (χ2n) is 13.7. The van der Waals surface area contributed by atoms with E-state index in [2.05, 4.69) is 213 Å². The van der Waals surface area contributed by atoms with E-state index in [0.717, 1.165) is 16.8 Å². The molecule has 0 unspecified atom stereocenters. The van der Waals surface area contributed by atoms with E-state index >= 15 is 0 Å². The number of aromatic nitrogens is 6. The molecule has 0 bridgehead atoms. The maximum absolute atomic E-state index is 4.20. The Morgan fingerprint density at radius 3 is 0.696 bits per heavy atom. The molecule has 56 heavy (non-hydrogen) atoms. The van der Waals surface area contributed by atoms with Crippen LogP contribution in [0.5, 0.6) is 0 Å². The molecule has 0 atom stereocenters. The van der Waals surface area contributed by atoms with Crippen molar-refractivity contribution >= 4 is 23.5 Å². The molecular formula is C48H42BN6Zr. The number of rotatable bonds is 12. The molecule has 0 saturated carbocycles. The fourth-order valence-corrected chi connectivity index (χ4v) is 18.8. The van der Waals surface area contributed by atoms with Gasteiger partial charge in [-0.05, 0) is 18.2 Å². The molecule has 6 nitrogen and oxygen atoms in total. The van der Waals surface area contributed by atoms with E-state index in [1.807, 2.05) is 18.2 Å². The van der Waals surface area contributed by atoms with Crippen LogP contribution in [-0.2, 0) is 21.8 Å². The first-order valence-electron chi connectivity index (χ1n) is 19.0. The summed E-state index contributed by atoms with van der Waals surface area (Å²) in [5.74, 6) is 0. The molecule has 6 aromatic carbocycles. The van der Waals surface area contributed by atoms with Gasteiger partial charge < -0.3 is 0 Å². The summed E-state index contributed by atoms with van der Waals surface area (Å²) in [7, 11) is 0. The molecule has 3 heterocycles. The summed E-state index contributed by atoms with van der Waals surface area (Å²) >= 11 is -2.82. The average Bonchev–Trinajstić information content (AvgIpc) is 4.11. The average molecular weight is 805 g/mol. The molecule has 3 N–H and O–H groups in total. The zero-order chi connectivity index (χ0) is 37.8. The van der Waals surface area contributed by atoms with Crippen molar-refractivity contribution in [2.24, 2.45) is 0 Å². The van der Waals surface area contributed by atoms with Crippen molar-refractivity contribution in [1.29, 1.82) is 0 Å². The molecule has 0 fully saturated rings. The Morgan fingerprint density at radius 1 is 0.304 bits per heavy atom. The minimum absolute atomic E-state index is 0.0382. The normalized spacial score (nSPS) is 11.0. The van der Waals surface area contributed by atoms with Crippen LogP contribution >= 0.6 is 0 Å². The first kappa shape index (κ1) is 36.9. The molecule has 0 aliphatic carbocycles. The monoisotopic (exact) mass is 803 g/mol. The number of benzene rings is 6. The predicted octanol–water partition coefficient (Wildman–Crippen LogP) is 8.35. The fourth-order valence-electron chi connectivity index (χ4n) is 7.86. The van der Waals surface area contributed by atoms with E-state index in [4.69, 9.17) is 0 Å². The first-order valence-corrected chi connectivity index (χ1v) is 23.3. The number of hydrogen-bond acceptors (Lipinski definition) is 3. The number of nitrogens with zero attached hydrogens (tertiary/aromatic N) is 3. The molecule has 9 aromatic rings. The minimum atomic E-state index is -2.82. The van der Waals surface area contributed by atoms with Crippen LogP contribution in [0.2, 0.25) is 0 Å². The van der Waals surface area contributed by atoms with Crippen LogP contribution in [0.1, 0.15) is 44.3 Å². The van der Waals surface area contributed by atoms with Crippen molar-refractivity contribution in [3.63, 3.8) is 0 Å². The van der Waals surface area contributed by atoms with E-state index in [1.54, 1.807) is 18.6 Å². The van der Waals surface area contributed by atoms with Gasteiger partial charge in [0.2, 0.25) is 0 Å². The van der Waals surface area contributed by atoms with Crippen molar-refractivity contribution < 1.29 is 21.8 Å². The summed E-state index contributed by atoms with van der Waals surface area (Å²) in [6, 6.07) is 73.5. The molecule has 271 valence electrons. The molecule has 0 spiro atoms. The van der Waals surface area contributed by atoms with Gasteiger partial charge in [-0.2, -0.15) is 15.3 Å². The third kappa shape index (κ3) is 8.57. The molecule has 0 saturated heterocycles. The van der Waals surface area contributed by atoms with Crippen molar-refractivity contribution in [2.75, 3.05) is 0 Å². The Bertz CT molecular complexity index is 2020. The van der Waals surface area contributed by atoms with Gasteiger partial charge in [0, 0.05) is 35.4 Å². The molecule has 0 aliphatic rings. The van der Waals surface area contributed by atoms with Crippen LogP contribution in [0.4, 0.5) is 0 Å². The Hall–Kier alpha value is -6.10. The summed E-state index contributed by atoms with van der Waals surface area (Å²) < 4.78 is 1.04. The molecule has 0 aliphatic heterocycles. The Kier molecular flexibility index (Phi) is 12.2. The van der Waals surface area contributed by atoms with Gasteiger partial charge in [0.25, 0.3) is 0 Å². The third-order valence-electron chi connectivity index (χ3n) is 10.3. The Balaban J connectivity index is 0.000000228. The van der Waals surface area contributed by atoms with Crippen molar-refractivity contribution in [1.82, 2.24) is 30.6 Å². The van der Waals surface area contributed by atoms with Gasteiger partial charge in [-0.25, -0.2) is 0 Å². The predicted molar refractivity (Wildman–Crippen MR) is 225 cm³/mol. The summed E-state index contributed by atoms with van der Waals surface area (Å²) in [5.41, 5.74) is 11.3. The van der Waals surface area contributed by atoms with Gasteiger partial charge in [-0.15, -0.1) is 0 Å². The van der Waals surface area contributed by atoms with Crippen LogP contribution in [0.3, 0.4) is 0 Å². The van der Waals surface area contributed by atoms with Crippen LogP contribution in [-0.4, -0.2) is 37.3 Å². The number of H-pyrrole nitrogens is 3. The summed E-state index contributed by atoms with van der Waals surface area (Å²) in [6.45, 7) is -0.0382. The van der Waals surface area contributed by atoms with Crippen molar-refractivity contribution in [3.05, 3.63) is 252 Å². The van der Waals surface area contributed by atoms with Crippen molar-refractivity contribution in [3.8, 4) is 0 Å². The van der Waals surface area contributed by atoms with Gasteiger partial charge in [0.15, 0.2) is 0 Å². The second kappa shape index (κ2) is 18.5. The molecule has 3 aromatic heterocycles. The molecule has 0 radical (unpaired) electrons. The molecular weight excluding hydrogens is 763 g/mol. The van der Waals surface area contributed by atoms with E-state index in [0.29, 0.717) is 10.9 Å². The van der Waals surface area contributed by atoms with Gasteiger partial charge >= 0.3 is 255 Å². The standard InChI is InChI=1S/3C13H11.C9H9BN6.Zr/c3*1-3-7-12(8-4-1)11-13-9-5-2-6-10-13;1-4-11-14-7(1)10(8-2-5-12-15-8)9-3-6-13-16-9;/h3*1-11H;1-6H,(H,11,14)(H,12,15)(H,13,16);. The van der Waals surface area contributed by atoms with E-state index < -0.39 is 21.8 Å². The van der Waals surface area contributed by atoms with E-state index in [1.165, 1.54) is 33.4 Å². The summed E-state index contributed by atoms with van der Waals surface area (Å²) in [5, 5.41) is 21.0. The van der Waals surface area contributed by atoms with Gasteiger partial charge in [0.1, 0.15) is 0 Å². The Morgan fingerprint density at radius 2 is 0.518 bits per heavy atom. The van der Waals surface area contributed by atoms with Gasteiger partial charge in [0.05, 0.1) is 0 Å². The van der Waals surface area contributed by atoms with Crippen LogP contribution < -0.4 is 16.8 Å². The van der Waals surface area contributed by atoms with Gasteiger partial charge in [-0.3, -0.25) is 15.3 Å². The van der Waals surface area contributed by atoms with E-state index in [-0.39, 0.29) is 6.71 Å². The third-order valence-corrected chi connectivity index (χ3v) is 20.1. The first-order chi connectivity index (χ1) is 27.8. The van der Waals surface area contributed by atoms with Crippen LogP contribution in [0.15, 0.2) is 219 Å². The topological polar surface area (TPSA) is 86.0 Å². The number of aromatic amines is 3. The van der Waals surface area contributed by atoms with Crippen LogP contribution in [0.25, 0.3) is 0 Å². The molecule has 0 amide bonds. The van der Waals surface area contributed by atoms with Gasteiger partial charge in [-0.1, -0.05) is 0 Å². The Labute approximate surface area is 336 Å². The second-order valence-corrected chi connectivity index (χ2v) is 20.4. The SMILES string of the molecule is c1cc(B(c2cc[nH]n2)c2cc[nH]n2)n[nH]1.c1ccc([CH](c2ccccc2)[Zr]([CH](c2ccccc2)c2ccccc2)[CH](c2ccccc2)c2ccccc2)cc1. The summed E-state index contributed by atoms with van der Waals surface area (Å²) in [4.78, 5) is 0. The molecule has 9 rings (SSSR count). The zero-order valence-corrected chi connectivity index (χ0v) is 33.4. The number of hydrogen-bond donors (Lipinski definition) is 3. The summed E-state index contributed by atoms with van der Waals surface area (Å²) in [6.07, 6.45) is 5.38. The van der Waals surface area contributed by atoms with E-state index in [9.17, 15) is 0 Å². The quantitative estimate of drug-likeness (QED) is 0.109. The zero-order valence-electron chi connectivity index (χ0n) is 30.9. The van der Waals surface area contributed by atoms with Crippen molar-refractivity contribution in [2.45, 2.75) is 10.9 Å². The maximum atomic E-state index is 4.20. The molecule has 8 heteroatoms. The van der Waals surface area contributed by atoms with Crippen LogP contribution in [0, 0.1) is 0 Å². The fraction of sp³-hybridized carbons (Fsp3) is 0.0625.